The second-order valence-electron chi connectivity index (χ2n) is 8.99. The first-order valence-electron chi connectivity index (χ1n) is 11.3. The molecule has 1 fully saturated rings. The van der Waals surface area contributed by atoms with Crippen LogP contribution >= 0.6 is 0 Å². The fraction of sp³-hybridized carbons (Fsp3) is 0.222. The number of nitrogens with zero attached hydrogens (tertiary/aromatic N) is 4. The number of nitrogens with two attached hydrogens (primary N) is 1. The Hall–Kier alpha value is -3.77. The summed E-state index contributed by atoms with van der Waals surface area (Å²) in [5.41, 5.74) is 13.1. The van der Waals surface area contributed by atoms with Crippen molar-refractivity contribution in [2.45, 2.75) is 25.7 Å². The number of rotatable bonds is 4. The Morgan fingerprint density at radius 3 is 2.64 bits per heavy atom. The molecular formula is C27H25N5O. The molecule has 2 aromatic carbocycles. The number of fused-ring (bicyclic) bond motifs is 2. The Balaban J connectivity index is 1.51. The lowest BCUT2D eigenvalue weighted by Gasteiger charge is -2.32. The lowest BCUT2D eigenvalue weighted by molar-refractivity contribution is 0.138. The smallest absolute Gasteiger partial charge is 0.150 e. The van der Waals surface area contributed by atoms with Crippen molar-refractivity contribution in [1.29, 1.82) is 0 Å². The lowest BCUT2D eigenvalue weighted by atomic mass is 9.75. The third-order valence-corrected chi connectivity index (χ3v) is 6.83. The van der Waals surface area contributed by atoms with Crippen molar-refractivity contribution in [3.63, 3.8) is 0 Å². The number of pyridine rings is 1. The fourth-order valence-electron chi connectivity index (χ4n) is 4.98. The van der Waals surface area contributed by atoms with Crippen LogP contribution in [0.3, 0.4) is 0 Å². The van der Waals surface area contributed by atoms with Gasteiger partial charge in [0.2, 0.25) is 0 Å². The van der Waals surface area contributed by atoms with E-state index in [1.54, 1.807) is 6.20 Å². The minimum atomic E-state index is 0.232. The maximum atomic E-state index is 9.45. The standard InChI is InChI=1S/C27H25N5O/c1-16-11-22(18-5-3-2-4-6-18)30-23-14-19(7-8-21(16)23)24-25-26(28)29-9-10-32(25)27(31-24)20-12-17(13-20)15-33/h2-11,14,17,20,33H,12-13,15H2,1H3,(H2,28,29). The number of hydrogen-bond donors (Lipinski definition) is 2. The van der Waals surface area contributed by atoms with Crippen LogP contribution in [0.4, 0.5) is 5.82 Å². The summed E-state index contributed by atoms with van der Waals surface area (Å²) in [6.07, 6.45) is 5.53. The van der Waals surface area contributed by atoms with Gasteiger partial charge in [-0.25, -0.2) is 15.0 Å². The summed E-state index contributed by atoms with van der Waals surface area (Å²) < 4.78 is 2.07. The minimum absolute atomic E-state index is 0.232. The van der Waals surface area contributed by atoms with E-state index in [1.165, 1.54) is 5.56 Å². The molecule has 6 nitrogen and oxygen atoms in total. The predicted octanol–water partition coefficient (Wildman–Crippen LogP) is 4.99. The molecule has 3 N–H and O–H groups in total. The van der Waals surface area contributed by atoms with Gasteiger partial charge in [0.15, 0.2) is 0 Å². The van der Waals surface area contributed by atoms with Crippen molar-refractivity contribution >= 4 is 22.2 Å². The summed E-state index contributed by atoms with van der Waals surface area (Å²) in [6.45, 7) is 2.35. The van der Waals surface area contributed by atoms with Crippen molar-refractivity contribution in [1.82, 2.24) is 19.4 Å². The average Bonchev–Trinajstić information content (AvgIpc) is 3.19. The highest BCUT2D eigenvalue weighted by molar-refractivity contribution is 5.92. The van der Waals surface area contributed by atoms with Gasteiger partial charge in [0, 0.05) is 41.4 Å². The van der Waals surface area contributed by atoms with Crippen molar-refractivity contribution in [3.8, 4) is 22.5 Å². The van der Waals surface area contributed by atoms with E-state index in [9.17, 15) is 5.11 Å². The maximum Gasteiger partial charge on any atom is 0.150 e. The van der Waals surface area contributed by atoms with Gasteiger partial charge in [0.05, 0.1) is 11.2 Å². The largest absolute Gasteiger partial charge is 0.396 e. The van der Waals surface area contributed by atoms with Gasteiger partial charge < -0.3 is 10.8 Å². The van der Waals surface area contributed by atoms with E-state index < -0.39 is 0 Å². The summed E-state index contributed by atoms with van der Waals surface area (Å²) in [4.78, 5) is 14.4. The summed E-state index contributed by atoms with van der Waals surface area (Å²) in [5, 5.41) is 10.6. The van der Waals surface area contributed by atoms with Gasteiger partial charge in [-0.05, 0) is 43.4 Å². The molecule has 0 radical (unpaired) electrons. The monoisotopic (exact) mass is 435 g/mol. The summed E-state index contributed by atoms with van der Waals surface area (Å²) in [5.74, 6) is 2.12. The van der Waals surface area contributed by atoms with Crippen molar-refractivity contribution < 1.29 is 5.11 Å². The highest BCUT2D eigenvalue weighted by Gasteiger charge is 2.33. The molecule has 0 amide bonds. The number of hydrogen-bond acceptors (Lipinski definition) is 5. The number of benzene rings is 2. The highest BCUT2D eigenvalue weighted by atomic mass is 16.3. The Bertz CT molecular complexity index is 1490. The second-order valence-corrected chi connectivity index (χ2v) is 8.99. The molecule has 1 saturated carbocycles. The molecule has 0 bridgehead atoms. The Labute approximate surface area is 191 Å². The van der Waals surface area contributed by atoms with E-state index in [0.29, 0.717) is 17.7 Å². The van der Waals surface area contributed by atoms with E-state index in [4.69, 9.17) is 15.7 Å². The first-order valence-corrected chi connectivity index (χ1v) is 11.3. The Morgan fingerprint density at radius 2 is 1.85 bits per heavy atom. The number of aliphatic hydroxyl groups excluding tert-OH is 1. The number of imidazole rings is 1. The summed E-state index contributed by atoms with van der Waals surface area (Å²) in [6, 6.07) is 18.7. The molecule has 33 heavy (non-hydrogen) atoms. The van der Waals surface area contributed by atoms with E-state index in [0.717, 1.165) is 57.6 Å². The first-order chi connectivity index (χ1) is 16.1. The van der Waals surface area contributed by atoms with E-state index >= 15 is 0 Å². The van der Waals surface area contributed by atoms with Crippen LogP contribution in [-0.4, -0.2) is 31.1 Å². The molecule has 0 aliphatic heterocycles. The van der Waals surface area contributed by atoms with Gasteiger partial charge in [0.25, 0.3) is 0 Å². The Kier molecular flexibility index (Phi) is 4.62. The second kappa shape index (κ2) is 7.67. The van der Waals surface area contributed by atoms with Gasteiger partial charge in [0.1, 0.15) is 22.9 Å². The van der Waals surface area contributed by atoms with Crippen LogP contribution in [0.1, 0.15) is 30.1 Å². The lowest BCUT2D eigenvalue weighted by Crippen LogP contribution is -2.26. The summed E-state index contributed by atoms with van der Waals surface area (Å²) in [7, 11) is 0. The maximum absolute atomic E-state index is 9.45. The number of nitrogen functional groups attached to an aromatic ring is 1. The topological polar surface area (TPSA) is 89.3 Å². The molecular weight excluding hydrogens is 410 g/mol. The van der Waals surface area contributed by atoms with Crippen LogP contribution in [0.15, 0.2) is 67.0 Å². The molecule has 1 aliphatic carbocycles. The van der Waals surface area contributed by atoms with Gasteiger partial charge in [-0.2, -0.15) is 0 Å². The van der Waals surface area contributed by atoms with Crippen molar-refractivity contribution in [2.24, 2.45) is 5.92 Å². The first kappa shape index (κ1) is 19.9. The zero-order valence-electron chi connectivity index (χ0n) is 18.4. The molecule has 3 aromatic heterocycles. The molecule has 0 atom stereocenters. The minimum Gasteiger partial charge on any atom is -0.396 e. The normalized spacial score (nSPS) is 18.0. The van der Waals surface area contributed by atoms with Crippen molar-refractivity contribution in [3.05, 3.63) is 78.4 Å². The zero-order valence-corrected chi connectivity index (χ0v) is 18.4. The predicted molar refractivity (Wildman–Crippen MR) is 131 cm³/mol. The third kappa shape index (κ3) is 3.26. The van der Waals surface area contributed by atoms with E-state index in [1.807, 2.05) is 24.4 Å². The van der Waals surface area contributed by atoms with Gasteiger partial charge in [-0.1, -0.05) is 42.5 Å². The van der Waals surface area contributed by atoms with Crippen molar-refractivity contribution in [2.75, 3.05) is 12.3 Å². The van der Waals surface area contributed by atoms with Crippen LogP contribution < -0.4 is 5.73 Å². The van der Waals surface area contributed by atoms with E-state index in [-0.39, 0.29) is 6.61 Å². The van der Waals surface area contributed by atoms with Crippen LogP contribution in [-0.2, 0) is 0 Å². The molecule has 6 heteroatoms. The van der Waals surface area contributed by atoms with Crippen LogP contribution in [0, 0.1) is 12.8 Å². The fourth-order valence-corrected chi connectivity index (χ4v) is 4.98. The molecule has 0 spiro atoms. The van der Waals surface area contributed by atoms with Crippen LogP contribution in [0.25, 0.3) is 38.9 Å². The number of aliphatic hydroxyl groups is 1. The van der Waals surface area contributed by atoms with Crippen LogP contribution in [0.5, 0.6) is 0 Å². The number of aryl methyl sites for hydroxylation is 1. The summed E-state index contributed by atoms with van der Waals surface area (Å²) >= 11 is 0. The van der Waals surface area contributed by atoms with Gasteiger partial charge in [-0.3, -0.25) is 4.40 Å². The molecule has 3 heterocycles. The molecule has 0 unspecified atom stereocenters. The van der Waals surface area contributed by atoms with Gasteiger partial charge >= 0.3 is 0 Å². The van der Waals surface area contributed by atoms with Crippen LogP contribution in [0.2, 0.25) is 0 Å². The molecule has 0 saturated heterocycles. The molecule has 164 valence electrons. The van der Waals surface area contributed by atoms with Gasteiger partial charge in [-0.15, -0.1) is 0 Å². The molecule has 1 aliphatic rings. The quantitative estimate of drug-likeness (QED) is 0.415. The SMILES string of the molecule is Cc1cc(-c2ccccc2)nc2cc(-c3nc(C4CC(CO)C4)n4ccnc(N)c34)ccc12. The zero-order chi connectivity index (χ0) is 22.5. The molecule has 5 aromatic rings. The highest BCUT2D eigenvalue weighted by Crippen LogP contribution is 2.43. The number of anilines is 1. The average molecular weight is 436 g/mol. The van der Waals surface area contributed by atoms with E-state index in [2.05, 4.69) is 52.7 Å². The Morgan fingerprint density at radius 1 is 1.03 bits per heavy atom. The molecule has 6 rings (SSSR count). The third-order valence-electron chi connectivity index (χ3n) is 6.83. The number of aromatic nitrogens is 4.